The molecule has 10 rings (SSSR count). The molecular weight excluding hydrogens is 669 g/mol. The van der Waals surface area contributed by atoms with Crippen molar-refractivity contribution < 1.29 is 0 Å². The summed E-state index contributed by atoms with van der Waals surface area (Å²) in [5, 5.41) is 2.51. The number of nitrogens with zero attached hydrogens (tertiary/aromatic N) is 4. The average Bonchev–Trinajstić information content (AvgIpc) is 3.61. The number of para-hydroxylation sites is 2. The Morgan fingerprint density at radius 3 is 1.49 bits per heavy atom. The number of pyridine rings is 3. The van der Waals surface area contributed by atoms with Gasteiger partial charge in [0.1, 0.15) is 0 Å². The van der Waals surface area contributed by atoms with Gasteiger partial charge in [-0.3, -0.25) is 9.97 Å². The van der Waals surface area contributed by atoms with Crippen LogP contribution in [0.15, 0.2) is 207 Å². The van der Waals surface area contributed by atoms with E-state index in [9.17, 15) is 0 Å². The molecular formula is C51H34N4. The number of aromatic nitrogens is 4. The molecule has 6 aromatic carbocycles. The highest BCUT2D eigenvalue weighted by Gasteiger charge is 2.14. The van der Waals surface area contributed by atoms with Crippen molar-refractivity contribution in [2.75, 3.05) is 0 Å². The Kier molecular flexibility index (Phi) is 8.12. The Balaban J connectivity index is 0.904. The van der Waals surface area contributed by atoms with E-state index in [2.05, 4.69) is 179 Å². The molecule has 4 aromatic heterocycles. The molecule has 0 saturated heterocycles. The molecule has 0 spiro atoms. The fourth-order valence-corrected chi connectivity index (χ4v) is 7.54. The third-order valence-corrected chi connectivity index (χ3v) is 10.3. The Morgan fingerprint density at radius 1 is 0.309 bits per heavy atom. The highest BCUT2D eigenvalue weighted by atomic mass is 15.0. The predicted octanol–water partition coefficient (Wildman–Crippen LogP) is 13.0. The summed E-state index contributed by atoms with van der Waals surface area (Å²) in [6, 6.07) is 68.3. The lowest BCUT2D eigenvalue weighted by Gasteiger charge is -2.10. The largest absolute Gasteiger partial charge is 0.309 e. The molecule has 0 N–H and O–H groups in total. The molecule has 0 unspecified atom stereocenters. The quantitative estimate of drug-likeness (QED) is 0.166. The lowest BCUT2D eigenvalue weighted by atomic mass is 9.97. The van der Waals surface area contributed by atoms with Crippen molar-refractivity contribution in [1.29, 1.82) is 0 Å². The van der Waals surface area contributed by atoms with Crippen molar-refractivity contribution in [1.82, 2.24) is 19.5 Å². The molecule has 0 aliphatic carbocycles. The summed E-state index contributed by atoms with van der Waals surface area (Å²) in [6.45, 7) is 0. The van der Waals surface area contributed by atoms with Crippen molar-refractivity contribution in [3.05, 3.63) is 207 Å². The van der Waals surface area contributed by atoms with E-state index in [4.69, 9.17) is 9.97 Å². The summed E-state index contributed by atoms with van der Waals surface area (Å²) in [5.74, 6) is 0. The summed E-state index contributed by atoms with van der Waals surface area (Å²) >= 11 is 0. The van der Waals surface area contributed by atoms with Gasteiger partial charge in [-0.2, -0.15) is 0 Å². The van der Waals surface area contributed by atoms with Gasteiger partial charge in [0, 0.05) is 34.4 Å². The van der Waals surface area contributed by atoms with Gasteiger partial charge < -0.3 is 4.57 Å². The first kappa shape index (κ1) is 32.2. The lowest BCUT2D eigenvalue weighted by molar-refractivity contribution is 1.18. The van der Waals surface area contributed by atoms with Crippen LogP contribution in [0.25, 0.3) is 94.8 Å². The van der Waals surface area contributed by atoms with Crippen LogP contribution in [0.1, 0.15) is 0 Å². The maximum Gasteiger partial charge on any atom is 0.0900 e. The smallest absolute Gasteiger partial charge is 0.0900 e. The van der Waals surface area contributed by atoms with E-state index in [1.165, 1.54) is 49.7 Å². The molecule has 0 aliphatic heterocycles. The van der Waals surface area contributed by atoms with E-state index in [1.54, 1.807) is 6.20 Å². The fraction of sp³-hybridized carbons (Fsp3) is 0. The maximum atomic E-state index is 4.98. The third-order valence-electron chi connectivity index (χ3n) is 10.3. The van der Waals surface area contributed by atoms with Crippen LogP contribution in [0.3, 0.4) is 0 Å². The van der Waals surface area contributed by atoms with Gasteiger partial charge in [0.2, 0.25) is 0 Å². The lowest BCUT2D eigenvalue weighted by Crippen LogP contribution is -1.94. The molecule has 4 nitrogen and oxygen atoms in total. The zero-order valence-corrected chi connectivity index (χ0v) is 29.9. The summed E-state index contributed by atoms with van der Waals surface area (Å²) in [7, 11) is 0. The van der Waals surface area contributed by atoms with Gasteiger partial charge in [0.25, 0.3) is 0 Å². The highest BCUT2D eigenvalue weighted by Crippen LogP contribution is 2.36. The third kappa shape index (κ3) is 6.16. The Bertz CT molecular complexity index is 2860. The number of benzene rings is 6. The second-order valence-corrected chi connectivity index (χ2v) is 13.7. The molecule has 258 valence electrons. The number of hydrogen-bond donors (Lipinski definition) is 0. The zero-order valence-electron chi connectivity index (χ0n) is 29.9. The summed E-state index contributed by atoms with van der Waals surface area (Å²) < 4.78 is 2.35. The van der Waals surface area contributed by atoms with Gasteiger partial charge in [-0.05, 0) is 99.6 Å². The van der Waals surface area contributed by atoms with Gasteiger partial charge in [-0.25, -0.2) is 4.98 Å². The Hall–Kier alpha value is -7.43. The van der Waals surface area contributed by atoms with E-state index in [1.807, 2.05) is 30.5 Å². The van der Waals surface area contributed by atoms with E-state index < -0.39 is 0 Å². The van der Waals surface area contributed by atoms with Crippen LogP contribution in [-0.2, 0) is 0 Å². The van der Waals surface area contributed by atoms with E-state index in [0.717, 1.165) is 45.0 Å². The summed E-state index contributed by atoms with van der Waals surface area (Å²) in [6.07, 6.45) is 3.73. The van der Waals surface area contributed by atoms with Crippen LogP contribution >= 0.6 is 0 Å². The normalized spacial score (nSPS) is 11.3. The van der Waals surface area contributed by atoms with Gasteiger partial charge in [0.05, 0.1) is 33.8 Å². The fourth-order valence-electron chi connectivity index (χ4n) is 7.54. The topological polar surface area (TPSA) is 43.6 Å². The molecule has 10 aromatic rings. The van der Waals surface area contributed by atoms with Crippen molar-refractivity contribution in [3.8, 4) is 73.0 Å². The second kappa shape index (κ2) is 13.8. The van der Waals surface area contributed by atoms with Gasteiger partial charge in [-0.1, -0.05) is 133 Å². The first-order valence-corrected chi connectivity index (χ1v) is 18.5. The van der Waals surface area contributed by atoms with E-state index >= 15 is 0 Å². The molecule has 0 aliphatic rings. The van der Waals surface area contributed by atoms with Crippen LogP contribution in [0.5, 0.6) is 0 Å². The molecule has 0 amide bonds. The molecule has 0 radical (unpaired) electrons. The predicted molar refractivity (Wildman–Crippen MR) is 227 cm³/mol. The maximum absolute atomic E-state index is 4.98. The van der Waals surface area contributed by atoms with Crippen LogP contribution in [-0.4, -0.2) is 19.5 Å². The van der Waals surface area contributed by atoms with Crippen molar-refractivity contribution in [3.63, 3.8) is 0 Å². The monoisotopic (exact) mass is 702 g/mol. The van der Waals surface area contributed by atoms with Crippen LogP contribution in [0, 0.1) is 0 Å². The Labute approximate surface area is 319 Å². The number of rotatable bonds is 7. The minimum atomic E-state index is 0.811. The van der Waals surface area contributed by atoms with Crippen molar-refractivity contribution in [2.45, 2.75) is 0 Å². The molecule has 4 heterocycles. The molecule has 4 heteroatoms. The molecule has 0 atom stereocenters. The molecule has 0 bridgehead atoms. The SMILES string of the molecule is c1ccc(-c2cc(-c3ccccn3)nc(-c3ccc(-c4ccc(-c5ccc(-c6ccc7c(c6)c6ccccc6n7-c6ccccc6)cc5)cc4)cn3)c2)cc1. The van der Waals surface area contributed by atoms with Gasteiger partial charge in [0.15, 0.2) is 0 Å². The Morgan fingerprint density at radius 2 is 0.836 bits per heavy atom. The van der Waals surface area contributed by atoms with Crippen LogP contribution in [0.4, 0.5) is 0 Å². The average molecular weight is 703 g/mol. The van der Waals surface area contributed by atoms with Gasteiger partial charge >= 0.3 is 0 Å². The van der Waals surface area contributed by atoms with Crippen molar-refractivity contribution in [2.24, 2.45) is 0 Å². The molecule has 55 heavy (non-hydrogen) atoms. The van der Waals surface area contributed by atoms with Crippen LogP contribution in [0.2, 0.25) is 0 Å². The molecule has 0 saturated carbocycles. The molecule has 0 fully saturated rings. The van der Waals surface area contributed by atoms with E-state index in [0.29, 0.717) is 0 Å². The standard InChI is InChI=1S/C51H34N4/c1-3-11-35(12-4-1)42-32-48(46-16-9-10-30-52-46)54-49(33-42)47-28-26-41(34-53-47)39-24-20-37(21-25-39)36-18-22-38(23-19-36)40-27-29-51-45(31-40)44-15-7-8-17-50(44)55(51)43-13-5-2-6-14-43/h1-34H. The van der Waals surface area contributed by atoms with E-state index in [-0.39, 0.29) is 0 Å². The first-order valence-electron chi connectivity index (χ1n) is 18.5. The highest BCUT2D eigenvalue weighted by molar-refractivity contribution is 6.10. The zero-order chi connectivity index (χ0) is 36.6. The van der Waals surface area contributed by atoms with Crippen LogP contribution < -0.4 is 0 Å². The minimum Gasteiger partial charge on any atom is -0.309 e. The van der Waals surface area contributed by atoms with Crippen molar-refractivity contribution >= 4 is 21.8 Å². The second-order valence-electron chi connectivity index (χ2n) is 13.7. The number of hydrogen-bond acceptors (Lipinski definition) is 3. The minimum absolute atomic E-state index is 0.811. The first-order chi connectivity index (χ1) is 27.2. The number of fused-ring (bicyclic) bond motifs is 3. The summed E-state index contributed by atoms with van der Waals surface area (Å²) in [5.41, 5.74) is 16.0. The van der Waals surface area contributed by atoms with Gasteiger partial charge in [-0.15, -0.1) is 0 Å². The summed E-state index contributed by atoms with van der Waals surface area (Å²) in [4.78, 5) is 14.4.